The molecule has 0 saturated carbocycles. The molecule has 0 atom stereocenters. The summed E-state index contributed by atoms with van der Waals surface area (Å²) in [5.41, 5.74) is 2.26. The van der Waals surface area contributed by atoms with E-state index in [1.807, 2.05) is 59.0 Å². The van der Waals surface area contributed by atoms with Crippen LogP contribution < -0.4 is 0 Å². The van der Waals surface area contributed by atoms with E-state index in [4.69, 9.17) is 4.74 Å². The Morgan fingerprint density at radius 3 is 2.54 bits per heavy atom. The second-order valence-corrected chi connectivity index (χ2v) is 6.97. The normalized spacial score (nSPS) is 18.5. The van der Waals surface area contributed by atoms with Crippen molar-refractivity contribution in [3.63, 3.8) is 0 Å². The van der Waals surface area contributed by atoms with Crippen LogP contribution in [0.5, 0.6) is 0 Å². The van der Waals surface area contributed by atoms with Crippen molar-refractivity contribution in [2.24, 2.45) is 0 Å². The number of amides is 1. The van der Waals surface area contributed by atoms with Crippen molar-refractivity contribution in [2.45, 2.75) is 0 Å². The summed E-state index contributed by atoms with van der Waals surface area (Å²) in [6.07, 6.45) is 1.48. The SMILES string of the molecule is CN(C)CCOC(=O)N1C/C(=[CH]\[Pb])C(=O)/C(=C/c2ccccc2)C1. The molecule has 0 bridgehead atoms. The molecule has 6 heteroatoms. The number of carbonyl (C=O) groups excluding carboxylic acids is 2. The van der Waals surface area contributed by atoms with E-state index in [2.05, 4.69) is 0 Å². The average Bonchev–Trinajstić information content (AvgIpc) is 2.57. The van der Waals surface area contributed by atoms with Crippen LogP contribution in [0.1, 0.15) is 5.56 Å². The van der Waals surface area contributed by atoms with E-state index in [-0.39, 0.29) is 18.4 Å². The molecule has 3 radical (unpaired) electrons. The van der Waals surface area contributed by atoms with Gasteiger partial charge in [-0.15, -0.1) is 0 Å². The van der Waals surface area contributed by atoms with Gasteiger partial charge in [0.15, 0.2) is 0 Å². The third-order valence-corrected chi connectivity index (χ3v) is 5.00. The molecular weight excluding hydrogens is 499 g/mol. The molecule has 1 aliphatic heterocycles. The van der Waals surface area contributed by atoms with Gasteiger partial charge < -0.3 is 0 Å². The van der Waals surface area contributed by atoms with E-state index in [9.17, 15) is 9.59 Å². The first kappa shape index (κ1) is 18.9. The van der Waals surface area contributed by atoms with Crippen LogP contribution >= 0.6 is 0 Å². The van der Waals surface area contributed by atoms with Gasteiger partial charge in [0.2, 0.25) is 0 Å². The van der Waals surface area contributed by atoms with E-state index in [0.717, 1.165) is 31.3 Å². The number of nitrogens with zero attached hydrogens (tertiary/aromatic N) is 2. The molecule has 1 aliphatic rings. The Balaban J connectivity index is 2.13. The molecule has 0 unspecified atom stereocenters. The molecule has 2 rings (SSSR count). The Labute approximate surface area is 158 Å². The number of likely N-dealkylation sites (tertiary alicyclic amines) is 1. The van der Waals surface area contributed by atoms with Crippen LogP contribution in [-0.4, -0.2) is 87.8 Å². The molecule has 1 fully saturated rings. The number of benzene rings is 1. The maximum atomic E-state index is 12.5. The van der Waals surface area contributed by atoms with Crippen LogP contribution in [0.4, 0.5) is 4.79 Å². The van der Waals surface area contributed by atoms with Crippen molar-refractivity contribution >= 4 is 43.7 Å². The first-order valence-corrected chi connectivity index (χ1v) is 9.98. The van der Waals surface area contributed by atoms with Gasteiger partial charge in [0, 0.05) is 0 Å². The van der Waals surface area contributed by atoms with E-state index >= 15 is 0 Å². The van der Waals surface area contributed by atoms with Crippen molar-refractivity contribution in [1.82, 2.24) is 9.80 Å². The van der Waals surface area contributed by atoms with Crippen LogP contribution in [0.3, 0.4) is 0 Å². The van der Waals surface area contributed by atoms with Crippen LogP contribution in [0.25, 0.3) is 6.08 Å². The molecule has 1 heterocycles. The number of piperidine rings is 1. The number of ether oxygens (including phenoxy) is 1. The van der Waals surface area contributed by atoms with Crippen molar-refractivity contribution in [3.8, 4) is 0 Å². The molecule has 0 aromatic heterocycles. The predicted octanol–water partition coefficient (Wildman–Crippen LogP) is 1.71. The van der Waals surface area contributed by atoms with Gasteiger partial charge in [0.1, 0.15) is 0 Å². The van der Waals surface area contributed by atoms with E-state index < -0.39 is 0 Å². The Morgan fingerprint density at radius 1 is 1.25 bits per heavy atom. The van der Waals surface area contributed by atoms with Gasteiger partial charge >= 0.3 is 159 Å². The van der Waals surface area contributed by atoms with Gasteiger partial charge in [-0.25, -0.2) is 0 Å². The number of hydrogen-bond acceptors (Lipinski definition) is 4. The fourth-order valence-electron chi connectivity index (χ4n) is 2.33. The first-order chi connectivity index (χ1) is 11.5. The average molecular weight is 521 g/mol. The standard InChI is InChI=1S/C18H21N2O3.Pb/c1-14-12-20(18(22)23-10-9-19(2)3)13-16(17(14)21)11-15-7-5-4-6-8-15;/h1,4-8,11H,9-10,12-13H2,2-3H3;/b14-1?,16-11+;. The molecule has 1 amide bonds. The molecule has 125 valence electrons. The Bertz CT molecular complexity index is 653. The third-order valence-electron chi connectivity index (χ3n) is 3.64. The van der Waals surface area contributed by atoms with E-state index in [1.54, 1.807) is 4.90 Å². The Morgan fingerprint density at radius 2 is 1.92 bits per heavy atom. The monoisotopic (exact) mass is 521 g/mol. The van der Waals surface area contributed by atoms with Gasteiger partial charge in [0.25, 0.3) is 0 Å². The third kappa shape index (κ3) is 5.27. The summed E-state index contributed by atoms with van der Waals surface area (Å²) in [5, 5.41) is 0. The van der Waals surface area contributed by atoms with Crippen LogP contribution in [-0.2, 0) is 9.53 Å². The zero-order chi connectivity index (χ0) is 17.5. The number of rotatable bonds is 4. The molecule has 1 aromatic carbocycles. The second-order valence-electron chi connectivity index (χ2n) is 5.85. The van der Waals surface area contributed by atoms with Crippen molar-refractivity contribution in [3.05, 3.63) is 50.7 Å². The molecule has 24 heavy (non-hydrogen) atoms. The van der Waals surface area contributed by atoms with Gasteiger partial charge in [0.05, 0.1) is 0 Å². The number of Topliss-reactive ketones (excluding diaryl/α,β-unsaturated/α-hetero) is 1. The summed E-state index contributed by atoms with van der Waals surface area (Å²) < 4.78 is 7.21. The molecule has 0 aliphatic carbocycles. The summed E-state index contributed by atoms with van der Waals surface area (Å²) >= 11 is 0.774. The Kier molecular flexibility index (Phi) is 7.17. The number of ketones is 1. The minimum atomic E-state index is -0.371. The van der Waals surface area contributed by atoms with Crippen LogP contribution in [0.2, 0.25) is 0 Å². The molecule has 0 N–H and O–H groups in total. The quantitative estimate of drug-likeness (QED) is 0.448. The minimum absolute atomic E-state index is 0.0335. The zero-order valence-corrected chi connectivity index (χ0v) is 17.9. The first-order valence-electron chi connectivity index (χ1n) is 7.74. The van der Waals surface area contributed by atoms with Crippen LogP contribution in [0, 0.1) is 0 Å². The van der Waals surface area contributed by atoms with Crippen molar-refractivity contribution in [2.75, 3.05) is 40.3 Å². The van der Waals surface area contributed by atoms with E-state index in [1.165, 1.54) is 0 Å². The topological polar surface area (TPSA) is 49.9 Å². The summed E-state index contributed by atoms with van der Waals surface area (Å²) in [5.74, 6) is 0.0335. The van der Waals surface area contributed by atoms with Crippen LogP contribution in [0.15, 0.2) is 45.1 Å². The fourth-order valence-corrected chi connectivity index (χ4v) is 3.19. The maximum absolute atomic E-state index is 12.5. The summed E-state index contributed by atoms with van der Waals surface area (Å²) in [6, 6.07) is 9.67. The molecule has 0 spiro atoms. The number of likely N-dealkylation sites (N-methyl/N-ethyl adjacent to an activating group) is 1. The summed E-state index contributed by atoms with van der Waals surface area (Å²) in [7, 11) is 3.85. The van der Waals surface area contributed by atoms with Gasteiger partial charge in [-0.05, 0) is 0 Å². The zero-order valence-electron chi connectivity index (χ0n) is 14.0. The van der Waals surface area contributed by atoms with Crippen molar-refractivity contribution < 1.29 is 14.3 Å². The molecule has 1 saturated heterocycles. The predicted molar refractivity (Wildman–Crippen MR) is 94.7 cm³/mol. The molecule has 5 nitrogen and oxygen atoms in total. The van der Waals surface area contributed by atoms with Gasteiger partial charge in [-0.2, -0.15) is 0 Å². The number of hydrogen-bond donors (Lipinski definition) is 0. The summed E-state index contributed by atoms with van der Waals surface area (Å²) in [4.78, 5) is 28.4. The molecular formula is C18H21N2O3Pb. The number of carbonyl (C=O) groups is 2. The van der Waals surface area contributed by atoms with Gasteiger partial charge in [-0.1, -0.05) is 0 Å². The van der Waals surface area contributed by atoms with E-state index in [0.29, 0.717) is 30.8 Å². The molecule has 1 aromatic rings. The fraction of sp³-hybridized carbons (Fsp3) is 0.333. The Hall–Kier alpha value is -1.48. The second kappa shape index (κ2) is 9.12. The van der Waals surface area contributed by atoms with Crippen molar-refractivity contribution in [1.29, 1.82) is 0 Å². The summed E-state index contributed by atoms with van der Waals surface area (Å²) in [6.45, 7) is 1.63. The van der Waals surface area contributed by atoms with Gasteiger partial charge in [-0.3, -0.25) is 0 Å².